The third-order valence-corrected chi connectivity index (χ3v) is 3.38. The summed E-state index contributed by atoms with van der Waals surface area (Å²) >= 11 is 0. The molecule has 0 bridgehead atoms. The predicted octanol–water partition coefficient (Wildman–Crippen LogP) is 2.73. The van der Waals surface area contributed by atoms with Crippen LogP contribution < -0.4 is 0 Å². The van der Waals surface area contributed by atoms with Gasteiger partial charge in [0.1, 0.15) is 23.1 Å². The Morgan fingerprint density at radius 3 is 2.48 bits per heavy atom. The molecule has 1 aromatic heterocycles. The average molecular weight is 326 g/mol. The van der Waals surface area contributed by atoms with Crippen molar-refractivity contribution in [1.82, 2.24) is 9.88 Å². The highest BCUT2D eigenvalue weighted by atomic mass is 16.6. The van der Waals surface area contributed by atoms with Gasteiger partial charge in [0.15, 0.2) is 5.69 Å². The second-order valence-corrected chi connectivity index (χ2v) is 6.89. The number of carbonyl (C=O) groups excluding carboxylic acids is 1. The maximum Gasteiger partial charge on any atom is 0.413 e. The van der Waals surface area contributed by atoms with Crippen LogP contribution in [0.15, 0.2) is 4.42 Å². The van der Waals surface area contributed by atoms with Gasteiger partial charge in [-0.3, -0.25) is 4.90 Å². The monoisotopic (exact) mass is 326 g/mol. The Labute approximate surface area is 134 Å². The third-order valence-electron chi connectivity index (χ3n) is 3.38. The maximum atomic E-state index is 12.5. The molecule has 0 radical (unpaired) electrons. The van der Waals surface area contributed by atoms with Crippen LogP contribution in [0.2, 0.25) is 0 Å². The van der Waals surface area contributed by atoms with Gasteiger partial charge in [-0.25, -0.2) is 14.6 Å². The minimum atomic E-state index is -1.18. The second kappa shape index (κ2) is 5.52. The van der Waals surface area contributed by atoms with Crippen molar-refractivity contribution >= 4 is 12.1 Å². The Morgan fingerprint density at radius 1 is 1.39 bits per heavy atom. The molecule has 0 spiro atoms. The smallest absolute Gasteiger partial charge is 0.413 e. The molecule has 1 aliphatic heterocycles. The van der Waals surface area contributed by atoms with Gasteiger partial charge in [0.25, 0.3) is 0 Å². The van der Waals surface area contributed by atoms with E-state index in [1.54, 1.807) is 34.6 Å². The number of carbonyl (C=O) groups is 2. The second-order valence-electron chi connectivity index (χ2n) is 6.89. The number of nitrogens with zero attached hydrogens (tertiary/aromatic N) is 2. The van der Waals surface area contributed by atoms with Crippen LogP contribution in [0.5, 0.6) is 0 Å². The first-order chi connectivity index (χ1) is 10.4. The lowest BCUT2D eigenvalue weighted by Crippen LogP contribution is -2.47. The van der Waals surface area contributed by atoms with E-state index in [4.69, 9.17) is 19.0 Å². The van der Waals surface area contributed by atoms with Gasteiger partial charge >= 0.3 is 12.1 Å². The van der Waals surface area contributed by atoms with E-state index in [1.807, 2.05) is 0 Å². The van der Waals surface area contributed by atoms with Crippen LogP contribution in [-0.2, 0) is 9.47 Å². The van der Waals surface area contributed by atoms with Crippen molar-refractivity contribution in [2.24, 2.45) is 0 Å². The molecule has 0 aliphatic carbocycles. The number of ether oxygens (including phenoxy) is 2. The molecule has 128 valence electrons. The minimum Gasteiger partial charge on any atom is -0.476 e. The molecule has 2 heterocycles. The number of aryl methyl sites for hydroxylation is 1. The summed E-state index contributed by atoms with van der Waals surface area (Å²) in [5.41, 5.74) is -1.76. The quantitative estimate of drug-likeness (QED) is 0.891. The van der Waals surface area contributed by atoms with Crippen LogP contribution in [0, 0.1) is 6.92 Å². The highest BCUT2D eigenvalue weighted by molar-refractivity contribution is 5.86. The summed E-state index contributed by atoms with van der Waals surface area (Å²) in [6, 6.07) is -0.647. The van der Waals surface area contributed by atoms with E-state index in [1.165, 1.54) is 11.8 Å². The summed E-state index contributed by atoms with van der Waals surface area (Å²) in [7, 11) is 0. The highest BCUT2D eigenvalue weighted by Crippen LogP contribution is 2.38. The fourth-order valence-electron chi connectivity index (χ4n) is 2.40. The van der Waals surface area contributed by atoms with Crippen molar-refractivity contribution < 1.29 is 28.6 Å². The average Bonchev–Trinajstić information content (AvgIpc) is 2.86. The molecule has 2 rings (SSSR count). The number of aromatic nitrogens is 1. The lowest BCUT2D eigenvalue weighted by atomic mass is 10.2. The largest absolute Gasteiger partial charge is 0.476 e. The fourth-order valence-corrected chi connectivity index (χ4v) is 2.40. The zero-order chi connectivity index (χ0) is 17.6. The van der Waals surface area contributed by atoms with Crippen LogP contribution >= 0.6 is 0 Å². The van der Waals surface area contributed by atoms with Crippen LogP contribution in [-0.4, -0.2) is 45.0 Å². The van der Waals surface area contributed by atoms with Crippen molar-refractivity contribution in [3.63, 3.8) is 0 Å². The Bertz CT molecular complexity index is 628. The molecule has 1 fully saturated rings. The van der Waals surface area contributed by atoms with E-state index in [0.717, 1.165) is 0 Å². The van der Waals surface area contributed by atoms with Crippen molar-refractivity contribution in [2.75, 3.05) is 6.61 Å². The van der Waals surface area contributed by atoms with Gasteiger partial charge in [0, 0.05) is 0 Å². The molecule has 0 unspecified atom stereocenters. The van der Waals surface area contributed by atoms with E-state index in [2.05, 4.69) is 4.98 Å². The van der Waals surface area contributed by atoms with Crippen molar-refractivity contribution in [1.29, 1.82) is 0 Å². The normalized spacial score (nSPS) is 20.6. The molecule has 1 aliphatic rings. The van der Waals surface area contributed by atoms with Gasteiger partial charge in [-0.15, -0.1) is 0 Å². The fraction of sp³-hybridized carbons (Fsp3) is 0.667. The highest BCUT2D eigenvalue weighted by Gasteiger charge is 2.48. The number of aromatic carboxylic acids is 1. The lowest BCUT2D eigenvalue weighted by molar-refractivity contribution is -0.0634. The zero-order valence-electron chi connectivity index (χ0n) is 14.2. The van der Waals surface area contributed by atoms with Crippen molar-refractivity contribution in [3.05, 3.63) is 17.3 Å². The van der Waals surface area contributed by atoms with E-state index in [0.29, 0.717) is 0 Å². The third kappa shape index (κ3) is 3.47. The van der Waals surface area contributed by atoms with Crippen LogP contribution in [0.1, 0.15) is 62.8 Å². The molecule has 1 N–H and O–H groups in total. The Morgan fingerprint density at radius 2 is 2.00 bits per heavy atom. The molecule has 1 atom stereocenters. The number of carboxylic acids is 1. The molecule has 1 saturated heterocycles. The summed E-state index contributed by atoms with van der Waals surface area (Å²) in [4.78, 5) is 29.0. The molecule has 8 heteroatoms. The van der Waals surface area contributed by atoms with E-state index >= 15 is 0 Å². The first-order valence-electron chi connectivity index (χ1n) is 7.29. The first kappa shape index (κ1) is 17.3. The predicted molar refractivity (Wildman–Crippen MR) is 79.0 cm³/mol. The standard InChI is InChI=1S/C15H22N2O6/c1-8-10(12(18)19)16-11(22-8)9-7-21-15(5,6)17(9)13(20)23-14(2,3)4/h9H,7H2,1-6H3,(H,18,19)/t9-/m0/s1. The minimum absolute atomic E-state index is 0.122. The summed E-state index contributed by atoms with van der Waals surface area (Å²) in [6.45, 7) is 10.4. The van der Waals surface area contributed by atoms with Crippen LogP contribution in [0.25, 0.3) is 0 Å². The summed E-state index contributed by atoms with van der Waals surface area (Å²) < 4.78 is 16.5. The molecule has 23 heavy (non-hydrogen) atoms. The molecule has 8 nitrogen and oxygen atoms in total. The van der Waals surface area contributed by atoms with Crippen molar-refractivity contribution in [3.8, 4) is 0 Å². The summed E-state index contributed by atoms with van der Waals surface area (Å²) in [5.74, 6) is -0.878. The Balaban J connectivity index is 2.35. The van der Waals surface area contributed by atoms with E-state index in [9.17, 15) is 9.59 Å². The number of rotatable bonds is 2. The number of hydrogen-bond acceptors (Lipinski definition) is 6. The zero-order valence-corrected chi connectivity index (χ0v) is 14.2. The molecule has 1 aromatic rings. The van der Waals surface area contributed by atoms with Gasteiger partial charge in [0.05, 0.1) is 6.61 Å². The number of hydrogen-bond donors (Lipinski definition) is 1. The van der Waals surface area contributed by atoms with E-state index in [-0.39, 0.29) is 24.0 Å². The number of oxazole rings is 1. The van der Waals surface area contributed by atoms with Gasteiger partial charge < -0.3 is 19.0 Å². The van der Waals surface area contributed by atoms with Gasteiger partial charge in [-0.05, 0) is 41.5 Å². The van der Waals surface area contributed by atoms with Gasteiger partial charge in [-0.2, -0.15) is 0 Å². The maximum absolute atomic E-state index is 12.5. The van der Waals surface area contributed by atoms with Gasteiger partial charge in [-0.1, -0.05) is 0 Å². The van der Waals surface area contributed by atoms with Crippen molar-refractivity contribution in [2.45, 2.75) is 58.9 Å². The molecular formula is C15H22N2O6. The number of amides is 1. The SMILES string of the molecule is Cc1oc([C@@H]2COC(C)(C)N2C(=O)OC(C)(C)C)nc1C(=O)O. The molecule has 0 saturated carbocycles. The first-order valence-corrected chi connectivity index (χ1v) is 7.29. The summed E-state index contributed by atoms with van der Waals surface area (Å²) in [5, 5.41) is 9.09. The molecular weight excluding hydrogens is 304 g/mol. The Hall–Kier alpha value is -2.09. The molecule has 1 amide bonds. The topological polar surface area (TPSA) is 102 Å². The Kier molecular flexibility index (Phi) is 4.14. The van der Waals surface area contributed by atoms with Crippen LogP contribution in [0.3, 0.4) is 0 Å². The molecule has 0 aromatic carbocycles. The lowest BCUT2D eigenvalue weighted by Gasteiger charge is -2.34. The van der Waals surface area contributed by atoms with Crippen LogP contribution in [0.4, 0.5) is 4.79 Å². The summed E-state index contributed by atoms with van der Waals surface area (Å²) in [6.07, 6.45) is -0.572. The number of carboxylic acid groups (broad SMARTS) is 1. The van der Waals surface area contributed by atoms with E-state index < -0.39 is 29.4 Å². The van der Waals surface area contributed by atoms with Gasteiger partial charge in [0.2, 0.25) is 5.89 Å².